The van der Waals surface area contributed by atoms with E-state index in [9.17, 15) is 9.90 Å². The minimum absolute atomic E-state index is 0.0552. The highest BCUT2D eigenvalue weighted by Gasteiger charge is 2.25. The van der Waals surface area contributed by atoms with Crippen molar-refractivity contribution in [3.05, 3.63) is 88.6 Å². The van der Waals surface area contributed by atoms with Crippen molar-refractivity contribution in [2.75, 3.05) is 23.4 Å². The van der Waals surface area contributed by atoms with E-state index in [0.29, 0.717) is 22.9 Å². The highest BCUT2D eigenvalue weighted by Crippen LogP contribution is 2.29. The largest absolute Gasteiger partial charge is 0.394 e. The molecule has 1 unspecified atom stereocenters. The fraction of sp³-hybridized carbons (Fsp3) is 0.182. The van der Waals surface area contributed by atoms with Crippen LogP contribution in [0, 0.1) is 0 Å². The molecule has 0 bridgehead atoms. The number of hydrogen-bond acceptors (Lipinski definition) is 4. The second-order valence-corrected chi connectivity index (χ2v) is 7.14. The van der Waals surface area contributed by atoms with Gasteiger partial charge in [0, 0.05) is 23.5 Å². The van der Waals surface area contributed by atoms with Crippen LogP contribution in [0.3, 0.4) is 0 Å². The summed E-state index contributed by atoms with van der Waals surface area (Å²) < 4.78 is 0. The van der Waals surface area contributed by atoms with Gasteiger partial charge in [-0.2, -0.15) is 0 Å². The number of aliphatic hydroxyl groups excluding tert-OH is 1. The highest BCUT2D eigenvalue weighted by atomic mass is 35.5. The maximum Gasteiger partial charge on any atom is 0.259 e. The first-order valence-corrected chi connectivity index (χ1v) is 9.52. The van der Waals surface area contributed by atoms with Crippen molar-refractivity contribution in [2.45, 2.75) is 12.5 Å². The number of hydrogen-bond donors (Lipinski definition) is 2. The van der Waals surface area contributed by atoms with Crippen LogP contribution in [0.2, 0.25) is 5.02 Å². The van der Waals surface area contributed by atoms with E-state index in [1.54, 1.807) is 35.4 Å². The van der Waals surface area contributed by atoms with Crippen LogP contribution >= 0.6 is 11.6 Å². The number of para-hydroxylation sites is 1. The van der Waals surface area contributed by atoms with E-state index in [4.69, 9.17) is 11.6 Å². The first kappa shape index (κ1) is 18.5. The number of amides is 1. The molecule has 142 valence electrons. The zero-order valence-corrected chi connectivity index (χ0v) is 15.9. The summed E-state index contributed by atoms with van der Waals surface area (Å²) in [6.07, 6.45) is 2.44. The van der Waals surface area contributed by atoms with Gasteiger partial charge in [0.25, 0.3) is 5.91 Å². The van der Waals surface area contributed by atoms with Crippen molar-refractivity contribution in [3.8, 4) is 0 Å². The van der Waals surface area contributed by atoms with E-state index in [2.05, 4.69) is 16.4 Å². The lowest BCUT2D eigenvalue weighted by molar-refractivity contribution is 0.0989. The van der Waals surface area contributed by atoms with Gasteiger partial charge in [-0.3, -0.25) is 4.79 Å². The van der Waals surface area contributed by atoms with Gasteiger partial charge in [-0.1, -0.05) is 41.9 Å². The molecule has 0 saturated heterocycles. The molecule has 1 aliphatic heterocycles. The van der Waals surface area contributed by atoms with Gasteiger partial charge in [0.05, 0.1) is 18.2 Å². The van der Waals surface area contributed by atoms with Crippen molar-refractivity contribution in [1.82, 2.24) is 4.98 Å². The average molecular weight is 394 g/mol. The van der Waals surface area contributed by atoms with Crippen LogP contribution in [0.15, 0.2) is 66.9 Å². The van der Waals surface area contributed by atoms with Gasteiger partial charge in [0.1, 0.15) is 5.82 Å². The first-order chi connectivity index (χ1) is 13.7. The Morgan fingerprint density at radius 2 is 1.93 bits per heavy atom. The van der Waals surface area contributed by atoms with E-state index in [1.807, 2.05) is 30.3 Å². The summed E-state index contributed by atoms with van der Waals surface area (Å²) in [6, 6.07) is 18.5. The lowest BCUT2D eigenvalue weighted by Gasteiger charge is -2.19. The fourth-order valence-corrected chi connectivity index (χ4v) is 3.54. The Morgan fingerprint density at radius 1 is 1.14 bits per heavy atom. The number of benzene rings is 2. The zero-order valence-electron chi connectivity index (χ0n) is 15.2. The lowest BCUT2D eigenvalue weighted by atomic mass is 10.1. The Hall–Kier alpha value is -2.89. The van der Waals surface area contributed by atoms with Crippen molar-refractivity contribution >= 4 is 29.0 Å². The van der Waals surface area contributed by atoms with Gasteiger partial charge in [0.15, 0.2) is 0 Å². The Kier molecular flexibility index (Phi) is 5.28. The third-order valence-corrected chi connectivity index (χ3v) is 5.17. The van der Waals surface area contributed by atoms with E-state index in [1.165, 1.54) is 5.56 Å². The summed E-state index contributed by atoms with van der Waals surface area (Å²) in [5, 5.41) is 13.5. The summed E-state index contributed by atoms with van der Waals surface area (Å²) in [7, 11) is 0. The topological polar surface area (TPSA) is 65.5 Å². The molecule has 1 aromatic heterocycles. The number of fused-ring (bicyclic) bond motifs is 1. The number of nitrogens with zero attached hydrogens (tertiary/aromatic N) is 2. The van der Waals surface area contributed by atoms with E-state index in [-0.39, 0.29) is 18.6 Å². The predicted octanol–water partition coefficient (Wildman–Crippen LogP) is 4.08. The molecule has 28 heavy (non-hydrogen) atoms. The van der Waals surface area contributed by atoms with Crippen LogP contribution < -0.4 is 10.2 Å². The van der Waals surface area contributed by atoms with Gasteiger partial charge in [-0.05, 0) is 47.9 Å². The lowest BCUT2D eigenvalue weighted by Crippen LogP contribution is -2.29. The molecule has 0 fully saturated rings. The monoisotopic (exact) mass is 393 g/mol. The maximum absolute atomic E-state index is 12.9. The zero-order chi connectivity index (χ0) is 19.5. The minimum atomic E-state index is -0.309. The summed E-state index contributed by atoms with van der Waals surface area (Å²) >= 11 is 5.92. The third kappa shape index (κ3) is 3.72. The fourth-order valence-electron chi connectivity index (χ4n) is 3.42. The SMILES string of the molecule is O=C(c1ccc(NC(CO)c2ccc(Cl)cc2)nc1)N1CCc2ccccc21. The number of rotatable bonds is 5. The van der Waals surface area contributed by atoms with E-state index >= 15 is 0 Å². The molecule has 2 heterocycles. The molecule has 0 aliphatic carbocycles. The number of aromatic nitrogens is 1. The van der Waals surface area contributed by atoms with Gasteiger partial charge in [-0.15, -0.1) is 0 Å². The minimum Gasteiger partial charge on any atom is -0.394 e. The van der Waals surface area contributed by atoms with Gasteiger partial charge in [0.2, 0.25) is 0 Å². The van der Waals surface area contributed by atoms with Crippen LogP contribution in [0.4, 0.5) is 11.5 Å². The second kappa shape index (κ2) is 8.00. The molecule has 2 aromatic carbocycles. The molecule has 3 aromatic rings. The number of pyridine rings is 1. The number of carbonyl (C=O) groups is 1. The molecule has 5 nitrogen and oxygen atoms in total. The molecular formula is C22H20ClN3O2. The summed E-state index contributed by atoms with van der Waals surface area (Å²) in [4.78, 5) is 19.0. The molecule has 0 spiro atoms. The van der Waals surface area contributed by atoms with Crippen molar-refractivity contribution in [1.29, 1.82) is 0 Å². The van der Waals surface area contributed by atoms with Crippen molar-refractivity contribution < 1.29 is 9.90 Å². The standard InChI is InChI=1S/C22H20ClN3O2/c23-18-8-5-15(6-9-18)19(14-27)25-21-10-7-17(13-24-21)22(28)26-12-11-16-3-1-2-4-20(16)26/h1-10,13,19,27H,11-12,14H2,(H,24,25). The molecule has 0 radical (unpaired) electrons. The maximum atomic E-state index is 12.9. The second-order valence-electron chi connectivity index (χ2n) is 6.70. The molecule has 1 amide bonds. The number of halogens is 1. The Balaban J connectivity index is 1.48. The molecule has 4 rings (SSSR count). The van der Waals surface area contributed by atoms with Crippen LogP contribution in [-0.2, 0) is 6.42 Å². The van der Waals surface area contributed by atoms with Crippen molar-refractivity contribution in [2.24, 2.45) is 0 Å². The Bertz CT molecular complexity index is 974. The molecule has 6 heteroatoms. The van der Waals surface area contributed by atoms with Crippen molar-refractivity contribution in [3.63, 3.8) is 0 Å². The highest BCUT2D eigenvalue weighted by molar-refractivity contribution is 6.30. The van der Waals surface area contributed by atoms with Crippen LogP contribution in [0.25, 0.3) is 0 Å². The van der Waals surface area contributed by atoms with Crippen LogP contribution in [0.1, 0.15) is 27.5 Å². The quantitative estimate of drug-likeness (QED) is 0.685. The Labute approximate surface area is 168 Å². The number of nitrogens with one attached hydrogen (secondary N) is 1. The molecule has 0 saturated carbocycles. The van der Waals surface area contributed by atoms with E-state index < -0.39 is 0 Å². The van der Waals surface area contributed by atoms with Gasteiger partial charge >= 0.3 is 0 Å². The smallest absolute Gasteiger partial charge is 0.259 e. The Morgan fingerprint density at radius 3 is 2.64 bits per heavy atom. The average Bonchev–Trinajstić information content (AvgIpc) is 3.17. The molecule has 1 aliphatic rings. The number of anilines is 2. The van der Waals surface area contributed by atoms with E-state index in [0.717, 1.165) is 17.7 Å². The van der Waals surface area contributed by atoms with Gasteiger partial charge < -0.3 is 15.3 Å². The summed E-state index contributed by atoms with van der Waals surface area (Å²) in [5.41, 5.74) is 3.60. The predicted molar refractivity (Wildman–Crippen MR) is 111 cm³/mol. The number of carbonyl (C=O) groups excluding carboxylic acids is 1. The first-order valence-electron chi connectivity index (χ1n) is 9.14. The third-order valence-electron chi connectivity index (χ3n) is 4.92. The normalized spacial score (nSPS) is 13.9. The number of aliphatic hydroxyl groups is 1. The van der Waals surface area contributed by atoms with Crippen LogP contribution in [-0.4, -0.2) is 29.1 Å². The molecule has 1 atom stereocenters. The molecule has 2 N–H and O–H groups in total. The van der Waals surface area contributed by atoms with Gasteiger partial charge in [-0.25, -0.2) is 4.98 Å². The summed E-state index contributed by atoms with van der Waals surface area (Å²) in [5.74, 6) is 0.535. The molecular weight excluding hydrogens is 374 g/mol. The van der Waals surface area contributed by atoms with Crippen LogP contribution in [0.5, 0.6) is 0 Å². The summed E-state index contributed by atoms with van der Waals surface area (Å²) in [6.45, 7) is 0.593.